The molecule has 1 saturated carbocycles. The number of thiol groups is 1. The van der Waals surface area contributed by atoms with Gasteiger partial charge in [-0.15, -0.1) is 12.8 Å². The van der Waals surface area contributed by atoms with Crippen LogP contribution in [0.15, 0.2) is 84.3 Å². The highest BCUT2D eigenvalue weighted by Gasteiger charge is 2.53. The van der Waals surface area contributed by atoms with Gasteiger partial charge in [0.05, 0.1) is 23.7 Å². The van der Waals surface area contributed by atoms with Crippen molar-refractivity contribution in [1.29, 1.82) is 0 Å². The minimum absolute atomic E-state index is 0.0845. The number of carbonyl (C=O) groups is 1. The molecule has 1 spiro atoms. The zero-order chi connectivity index (χ0) is 30.3. The smallest absolute Gasteiger partial charge is 0.210 e. The van der Waals surface area contributed by atoms with Gasteiger partial charge in [-0.05, 0) is 41.7 Å². The first-order valence-corrected chi connectivity index (χ1v) is 16.0. The molecule has 0 radical (unpaired) electrons. The first-order chi connectivity index (χ1) is 20.9. The van der Waals surface area contributed by atoms with Gasteiger partial charge in [0, 0.05) is 53.8 Å². The molecule has 1 fully saturated rings. The molecule has 43 heavy (non-hydrogen) atoms. The molecule has 5 nitrogen and oxygen atoms in total. The van der Waals surface area contributed by atoms with Gasteiger partial charge in [-0.25, -0.2) is 0 Å². The number of carbonyl (C=O) groups excluding carboxylic acids is 1. The van der Waals surface area contributed by atoms with Crippen LogP contribution in [0.25, 0.3) is 27.2 Å². The summed E-state index contributed by atoms with van der Waals surface area (Å²) in [6.45, 7) is 5.54. The van der Waals surface area contributed by atoms with Crippen molar-refractivity contribution in [3.8, 4) is 0 Å². The maximum atomic E-state index is 14.1. The summed E-state index contributed by atoms with van der Waals surface area (Å²) in [7, 11) is 3.74. The van der Waals surface area contributed by atoms with E-state index in [0.29, 0.717) is 17.1 Å². The van der Waals surface area contributed by atoms with Crippen LogP contribution >= 0.6 is 12.8 Å². The lowest BCUT2D eigenvalue weighted by molar-refractivity contribution is -0.439. The Morgan fingerprint density at radius 3 is 2.42 bits per heavy atom. The minimum atomic E-state index is -0.0905. The van der Waals surface area contributed by atoms with Crippen LogP contribution in [0.5, 0.6) is 0 Å². The number of allylic oxidation sites excluding steroid dienone is 3. The molecular formula is C37H42N3O2S+. The van der Waals surface area contributed by atoms with Crippen molar-refractivity contribution >= 4 is 57.2 Å². The quantitative estimate of drug-likeness (QED) is 0.135. The van der Waals surface area contributed by atoms with E-state index in [1.165, 1.54) is 47.0 Å². The molecule has 7 rings (SSSR count). The van der Waals surface area contributed by atoms with Gasteiger partial charge >= 0.3 is 0 Å². The van der Waals surface area contributed by atoms with Gasteiger partial charge in [0.1, 0.15) is 12.3 Å². The maximum absolute atomic E-state index is 14.1. The van der Waals surface area contributed by atoms with E-state index in [1.807, 2.05) is 19.2 Å². The lowest BCUT2D eigenvalue weighted by Crippen LogP contribution is -2.38. The molecule has 6 heteroatoms. The Hall–Kier alpha value is -3.61. The van der Waals surface area contributed by atoms with Crippen LogP contribution in [-0.2, 0) is 22.0 Å². The SMILES string of the molecule is COC1=C(c2cn(C)c3ccccc23)C(=O)/C1=C\C1=[N+](CCC(C)C)c2ccc3ccccc3c2C12CCCCC2.NS. The van der Waals surface area contributed by atoms with Crippen molar-refractivity contribution in [2.45, 2.75) is 57.8 Å². The van der Waals surface area contributed by atoms with Crippen LogP contribution in [0.1, 0.15) is 63.5 Å². The van der Waals surface area contributed by atoms with Crippen molar-refractivity contribution in [2.75, 3.05) is 13.7 Å². The Balaban J connectivity index is 0.00000161. The fourth-order valence-electron chi connectivity index (χ4n) is 7.69. The molecule has 0 saturated heterocycles. The average molecular weight is 593 g/mol. The number of para-hydroxylation sites is 1. The number of nitrogens with two attached hydrogens (primary N) is 1. The van der Waals surface area contributed by atoms with E-state index in [9.17, 15) is 4.79 Å². The molecule has 3 aliphatic rings. The Kier molecular flexibility index (Phi) is 8.10. The Labute approximate surface area is 260 Å². The average Bonchev–Trinajstić information content (AvgIpc) is 3.49. The van der Waals surface area contributed by atoms with Gasteiger partial charge in [-0.3, -0.25) is 9.93 Å². The number of Topliss-reactive ketones (excluding diaryl/α,β-unsaturated/α-hetero) is 1. The second-order valence-corrected chi connectivity index (χ2v) is 12.5. The van der Waals surface area contributed by atoms with Crippen molar-refractivity contribution in [1.82, 2.24) is 4.57 Å². The minimum Gasteiger partial charge on any atom is -0.495 e. The summed E-state index contributed by atoms with van der Waals surface area (Å²) in [5, 5.41) is 7.93. The molecule has 2 aliphatic carbocycles. The molecule has 1 aromatic heterocycles. The Morgan fingerprint density at radius 2 is 1.70 bits per heavy atom. The van der Waals surface area contributed by atoms with E-state index in [1.54, 1.807) is 7.11 Å². The molecule has 4 aromatic rings. The molecule has 2 heterocycles. The normalized spacial score (nSPS) is 18.5. The maximum Gasteiger partial charge on any atom is 0.210 e. The molecule has 0 bridgehead atoms. The lowest BCUT2D eigenvalue weighted by atomic mass is 9.65. The Bertz CT molecular complexity index is 1820. The lowest BCUT2D eigenvalue weighted by Gasteiger charge is -2.33. The van der Waals surface area contributed by atoms with E-state index >= 15 is 0 Å². The molecule has 3 aromatic carbocycles. The second-order valence-electron chi connectivity index (χ2n) is 12.5. The van der Waals surface area contributed by atoms with E-state index in [0.717, 1.165) is 48.0 Å². The highest BCUT2D eigenvalue weighted by molar-refractivity contribution is 7.77. The molecule has 0 atom stereocenters. The third-order valence-corrected chi connectivity index (χ3v) is 9.69. The van der Waals surface area contributed by atoms with Crippen LogP contribution in [0.3, 0.4) is 0 Å². The fourth-order valence-corrected chi connectivity index (χ4v) is 7.69. The summed E-state index contributed by atoms with van der Waals surface area (Å²) in [6.07, 6.45) is 11.3. The van der Waals surface area contributed by atoms with E-state index in [-0.39, 0.29) is 11.2 Å². The second kappa shape index (κ2) is 11.8. The fraction of sp³-hybridized carbons (Fsp3) is 0.351. The van der Waals surface area contributed by atoms with Crippen molar-refractivity contribution < 1.29 is 14.1 Å². The number of ether oxygens (including phenoxy) is 1. The first kappa shape index (κ1) is 29.5. The van der Waals surface area contributed by atoms with Crippen LogP contribution in [0, 0.1) is 5.92 Å². The molecule has 1 aliphatic heterocycles. The van der Waals surface area contributed by atoms with Gasteiger partial charge < -0.3 is 9.30 Å². The number of fused-ring (bicyclic) bond motifs is 5. The topological polar surface area (TPSA) is 60.3 Å². The predicted octanol–water partition coefficient (Wildman–Crippen LogP) is 8.03. The number of benzene rings is 3. The molecule has 0 amide bonds. The first-order valence-electron chi connectivity index (χ1n) is 15.5. The monoisotopic (exact) mass is 592 g/mol. The number of nitrogens with zero attached hydrogens (tertiary/aromatic N) is 2. The van der Waals surface area contributed by atoms with Gasteiger partial charge in [0.25, 0.3) is 0 Å². The summed E-state index contributed by atoms with van der Waals surface area (Å²) >= 11 is 3.03. The van der Waals surface area contributed by atoms with Gasteiger partial charge in [0.15, 0.2) is 5.71 Å². The predicted molar refractivity (Wildman–Crippen MR) is 181 cm³/mol. The zero-order valence-corrected chi connectivity index (χ0v) is 26.6. The van der Waals surface area contributed by atoms with Crippen LogP contribution in [0.4, 0.5) is 5.69 Å². The highest BCUT2D eigenvalue weighted by atomic mass is 32.1. The number of hydrogen-bond acceptors (Lipinski definition) is 4. The summed E-state index contributed by atoms with van der Waals surface area (Å²) < 4.78 is 10.7. The van der Waals surface area contributed by atoms with Crippen LogP contribution in [-0.4, -0.2) is 34.3 Å². The standard InChI is InChI=1S/C37H39N2O2.H3NS/c1-24(2)18-21-39-31-17-16-25-12-6-7-13-26(25)34(31)37(19-10-5-11-20-37)32(39)22-28-35(40)33(36(28)41-4)29-23-38(3)30-15-9-8-14-27(29)30;1-2/h6-9,12-17,22-24H,5,10-11,18-21H2,1-4H3;2H,1H2/q+1;. The third kappa shape index (κ3) is 4.67. The molecule has 0 unspecified atom stereocenters. The van der Waals surface area contributed by atoms with Gasteiger partial charge in [0.2, 0.25) is 11.5 Å². The number of hydrogen-bond donors (Lipinski definition) is 2. The highest BCUT2D eigenvalue weighted by Crippen LogP contribution is 2.53. The van der Waals surface area contributed by atoms with E-state index in [2.05, 4.69) is 102 Å². The van der Waals surface area contributed by atoms with Crippen molar-refractivity contribution in [3.63, 3.8) is 0 Å². The number of rotatable bonds is 6. The molecular weight excluding hydrogens is 550 g/mol. The molecule has 222 valence electrons. The number of aromatic nitrogens is 1. The number of ketones is 1. The number of methoxy groups -OCH3 is 1. The van der Waals surface area contributed by atoms with Gasteiger partial charge in [-0.1, -0.05) is 75.6 Å². The zero-order valence-electron chi connectivity index (χ0n) is 25.7. The summed E-state index contributed by atoms with van der Waals surface area (Å²) in [6, 6.07) is 21.7. The van der Waals surface area contributed by atoms with Crippen molar-refractivity contribution in [3.05, 3.63) is 95.4 Å². The van der Waals surface area contributed by atoms with Crippen molar-refractivity contribution in [2.24, 2.45) is 18.1 Å². The number of aryl methyl sites for hydroxylation is 1. The largest absolute Gasteiger partial charge is 0.495 e. The van der Waals surface area contributed by atoms with Gasteiger partial charge in [-0.2, -0.15) is 4.58 Å². The Morgan fingerprint density at radius 1 is 1.00 bits per heavy atom. The third-order valence-electron chi connectivity index (χ3n) is 9.69. The van der Waals surface area contributed by atoms with E-state index < -0.39 is 0 Å². The molecule has 2 N–H and O–H groups in total. The van der Waals surface area contributed by atoms with Crippen LogP contribution < -0.4 is 5.14 Å². The summed E-state index contributed by atoms with van der Waals surface area (Å²) in [5.41, 5.74) is 7.47. The van der Waals surface area contributed by atoms with Crippen LogP contribution in [0.2, 0.25) is 0 Å². The summed E-state index contributed by atoms with van der Waals surface area (Å²) in [4.78, 5) is 14.1. The summed E-state index contributed by atoms with van der Waals surface area (Å²) in [5.74, 6) is 1.39. The van der Waals surface area contributed by atoms with E-state index in [4.69, 9.17) is 4.74 Å².